The molecular formula is C38H26N2O2. The number of para-hydroxylation sites is 2. The van der Waals surface area contributed by atoms with Crippen molar-refractivity contribution < 1.29 is 9.15 Å². The van der Waals surface area contributed by atoms with Crippen LogP contribution in [0.5, 0.6) is 5.75 Å². The minimum absolute atomic E-state index is 0.259. The number of fused-ring (bicyclic) bond motifs is 8. The second-order valence-corrected chi connectivity index (χ2v) is 11.9. The Morgan fingerprint density at radius 2 is 1.60 bits per heavy atom. The van der Waals surface area contributed by atoms with Crippen LogP contribution in [0.25, 0.3) is 43.9 Å². The smallest absolute Gasteiger partial charge is 0.197 e. The molecule has 200 valence electrons. The summed E-state index contributed by atoms with van der Waals surface area (Å²) in [7, 11) is 0. The van der Waals surface area contributed by atoms with Gasteiger partial charge in [0.25, 0.3) is 0 Å². The molecule has 4 aliphatic rings. The summed E-state index contributed by atoms with van der Waals surface area (Å²) in [6.07, 6.45) is 13.3. The number of benzene rings is 5. The molecule has 4 nitrogen and oxygen atoms in total. The highest BCUT2D eigenvalue weighted by atomic mass is 16.5. The second kappa shape index (κ2) is 8.23. The maximum atomic E-state index is 6.75. The maximum absolute atomic E-state index is 6.75. The summed E-state index contributed by atoms with van der Waals surface area (Å²) in [4.78, 5) is 4.75. The van der Waals surface area contributed by atoms with Crippen molar-refractivity contribution in [1.29, 1.82) is 0 Å². The van der Waals surface area contributed by atoms with E-state index < -0.39 is 0 Å². The normalized spacial score (nSPS) is 22.4. The molecule has 42 heavy (non-hydrogen) atoms. The van der Waals surface area contributed by atoms with Crippen molar-refractivity contribution in [2.75, 3.05) is 5.32 Å². The van der Waals surface area contributed by atoms with Gasteiger partial charge in [-0.15, -0.1) is 0 Å². The number of hydrogen-bond acceptors (Lipinski definition) is 4. The van der Waals surface area contributed by atoms with Crippen LogP contribution in [0.15, 0.2) is 120 Å². The molecule has 0 saturated heterocycles. The van der Waals surface area contributed by atoms with E-state index in [4.69, 9.17) is 14.1 Å². The summed E-state index contributed by atoms with van der Waals surface area (Å²) in [5.41, 5.74) is 11.2. The Bertz CT molecular complexity index is 2130. The zero-order valence-electron chi connectivity index (χ0n) is 22.7. The summed E-state index contributed by atoms with van der Waals surface area (Å²) in [5.74, 6) is 2.01. The van der Waals surface area contributed by atoms with Gasteiger partial charge in [-0.2, -0.15) is 0 Å². The predicted octanol–water partition coefficient (Wildman–Crippen LogP) is 9.49. The predicted molar refractivity (Wildman–Crippen MR) is 167 cm³/mol. The van der Waals surface area contributed by atoms with E-state index in [-0.39, 0.29) is 12.1 Å². The Kier molecular flexibility index (Phi) is 4.43. The summed E-state index contributed by atoms with van der Waals surface area (Å²) >= 11 is 0. The third-order valence-electron chi connectivity index (χ3n) is 9.85. The fourth-order valence-electron chi connectivity index (χ4n) is 8.21. The summed E-state index contributed by atoms with van der Waals surface area (Å²) in [5, 5.41) is 8.55. The van der Waals surface area contributed by atoms with E-state index in [1.807, 2.05) is 6.07 Å². The number of ether oxygens (including phenoxy) is 1. The van der Waals surface area contributed by atoms with E-state index in [9.17, 15) is 0 Å². The fourth-order valence-corrected chi connectivity index (χ4v) is 8.21. The Labute approximate surface area is 243 Å². The molecule has 0 radical (unpaired) electrons. The highest BCUT2D eigenvalue weighted by Crippen LogP contribution is 2.62. The van der Waals surface area contributed by atoms with E-state index in [2.05, 4.69) is 102 Å². The molecule has 0 bridgehead atoms. The average molecular weight is 543 g/mol. The lowest BCUT2D eigenvalue weighted by Crippen LogP contribution is -2.23. The van der Waals surface area contributed by atoms with Crippen LogP contribution in [0.2, 0.25) is 0 Å². The van der Waals surface area contributed by atoms with E-state index in [0.29, 0.717) is 11.8 Å². The highest BCUT2D eigenvalue weighted by molar-refractivity contribution is 6.13. The highest BCUT2D eigenvalue weighted by Gasteiger charge is 2.45. The summed E-state index contributed by atoms with van der Waals surface area (Å²) in [6, 6.07) is 28.5. The van der Waals surface area contributed by atoms with Gasteiger partial charge in [-0.1, -0.05) is 78.9 Å². The number of anilines is 1. The molecule has 3 aliphatic carbocycles. The number of nitrogens with zero attached hydrogens (tertiary/aromatic N) is 1. The van der Waals surface area contributed by atoms with Gasteiger partial charge in [0, 0.05) is 23.0 Å². The average Bonchev–Trinajstić information content (AvgIpc) is 3.79. The van der Waals surface area contributed by atoms with E-state index in [1.165, 1.54) is 54.9 Å². The van der Waals surface area contributed by atoms with Crippen LogP contribution in [0.3, 0.4) is 0 Å². The molecule has 4 unspecified atom stereocenters. The molecule has 0 fully saturated rings. The molecule has 0 saturated carbocycles. The molecule has 10 rings (SSSR count). The standard InChI is InChI=1S/C38H26N2O2/c1-2-9-22-17-28-27(16-21(22)8-1)34(31-19-41-20-39-31)35-26-13-7-12-25-24-11-4-3-10-23(24)18-29(33(25)26)36(35)37(28)38-40-30-14-5-6-15-32(30)42-38/h1-17,19-20,23-24,29,38,40H,18H2. The van der Waals surface area contributed by atoms with Crippen LogP contribution < -0.4 is 10.1 Å². The van der Waals surface area contributed by atoms with Crippen molar-refractivity contribution in [2.45, 2.75) is 24.5 Å². The number of aromatic nitrogens is 1. The van der Waals surface area contributed by atoms with Gasteiger partial charge >= 0.3 is 0 Å². The first kappa shape index (κ1) is 22.6. The van der Waals surface area contributed by atoms with Crippen molar-refractivity contribution >= 4 is 27.2 Å². The lowest BCUT2D eigenvalue weighted by atomic mass is 9.68. The summed E-state index contributed by atoms with van der Waals surface area (Å²) in [6.45, 7) is 0. The monoisotopic (exact) mass is 542 g/mol. The molecule has 4 atom stereocenters. The molecular weight excluding hydrogens is 516 g/mol. The van der Waals surface area contributed by atoms with Gasteiger partial charge < -0.3 is 14.5 Å². The van der Waals surface area contributed by atoms with Crippen LogP contribution in [0.1, 0.15) is 46.7 Å². The van der Waals surface area contributed by atoms with Gasteiger partial charge in [0.15, 0.2) is 12.6 Å². The van der Waals surface area contributed by atoms with Crippen LogP contribution in [-0.4, -0.2) is 4.98 Å². The number of nitrogens with one attached hydrogen (secondary N) is 1. The molecule has 0 spiro atoms. The van der Waals surface area contributed by atoms with Crippen molar-refractivity contribution in [1.82, 2.24) is 4.98 Å². The quantitative estimate of drug-likeness (QED) is 0.221. The van der Waals surface area contributed by atoms with Crippen LogP contribution in [-0.2, 0) is 0 Å². The Hall–Kier alpha value is -5.09. The Morgan fingerprint density at radius 3 is 2.45 bits per heavy atom. The van der Waals surface area contributed by atoms with Gasteiger partial charge in [0.2, 0.25) is 0 Å². The van der Waals surface area contributed by atoms with Gasteiger partial charge in [-0.3, -0.25) is 0 Å². The van der Waals surface area contributed by atoms with Crippen molar-refractivity contribution in [3.05, 3.63) is 138 Å². The van der Waals surface area contributed by atoms with E-state index in [0.717, 1.165) is 29.1 Å². The minimum atomic E-state index is -0.302. The zero-order chi connectivity index (χ0) is 27.4. The third kappa shape index (κ3) is 2.94. The van der Waals surface area contributed by atoms with Gasteiger partial charge in [0.1, 0.15) is 17.7 Å². The van der Waals surface area contributed by atoms with Gasteiger partial charge in [-0.05, 0) is 86.0 Å². The van der Waals surface area contributed by atoms with Crippen molar-refractivity contribution in [3.63, 3.8) is 0 Å². The Balaban J connectivity index is 1.37. The second-order valence-electron chi connectivity index (χ2n) is 11.9. The number of hydrogen-bond donors (Lipinski definition) is 1. The molecule has 6 aromatic rings. The van der Waals surface area contributed by atoms with E-state index >= 15 is 0 Å². The lowest BCUT2D eigenvalue weighted by molar-refractivity contribution is 0.259. The van der Waals surface area contributed by atoms with Gasteiger partial charge in [-0.25, -0.2) is 4.98 Å². The molecule has 0 amide bonds. The number of allylic oxidation sites excluding steroid dienone is 4. The first-order valence-electron chi connectivity index (χ1n) is 14.7. The fraction of sp³-hybridized carbons (Fsp3) is 0.132. The Morgan fingerprint density at radius 1 is 0.762 bits per heavy atom. The lowest BCUT2D eigenvalue weighted by Gasteiger charge is -2.36. The van der Waals surface area contributed by atoms with Crippen molar-refractivity contribution in [3.8, 4) is 28.1 Å². The van der Waals surface area contributed by atoms with Crippen molar-refractivity contribution in [2.24, 2.45) is 5.92 Å². The molecule has 1 aromatic heterocycles. The molecule has 5 aromatic carbocycles. The number of oxazole rings is 1. The topological polar surface area (TPSA) is 47.3 Å². The molecule has 4 heteroatoms. The minimum Gasteiger partial charge on any atom is -0.464 e. The summed E-state index contributed by atoms with van der Waals surface area (Å²) < 4.78 is 12.4. The zero-order valence-corrected chi connectivity index (χ0v) is 22.7. The first-order valence-corrected chi connectivity index (χ1v) is 14.7. The third-order valence-corrected chi connectivity index (χ3v) is 9.85. The van der Waals surface area contributed by atoms with Gasteiger partial charge in [0.05, 0.1) is 5.69 Å². The van der Waals surface area contributed by atoms with Crippen LogP contribution >= 0.6 is 0 Å². The molecule has 1 N–H and O–H groups in total. The molecule has 2 heterocycles. The maximum Gasteiger partial charge on any atom is 0.197 e. The first-order chi connectivity index (χ1) is 20.8. The molecule has 1 aliphatic heterocycles. The largest absolute Gasteiger partial charge is 0.464 e. The number of rotatable bonds is 2. The van der Waals surface area contributed by atoms with Crippen LogP contribution in [0.4, 0.5) is 5.69 Å². The SMILES string of the molecule is C1=CC2CC3c4c(cccc4C2C=C1)-c1c3c(C2Nc3ccccc3O2)c2cc3ccccc3cc2c1-c1cocn1. The van der Waals surface area contributed by atoms with Crippen LogP contribution in [0, 0.1) is 5.92 Å². The van der Waals surface area contributed by atoms with E-state index in [1.54, 1.807) is 12.7 Å².